The highest BCUT2D eigenvalue weighted by atomic mass is 32.1. The van der Waals surface area contributed by atoms with E-state index < -0.39 is 0 Å². The van der Waals surface area contributed by atoms with E-state index in [0.29, 0.717) is 18.1 Å². The maximum Gasteiger partial charge on any atom is 0.199 e. The first-order valence-electron chi connectivity index (χ1n) is 3.99. The molecule has 0 aliphatic carbocycles. The van der Waals surface area contributed by atoms with Gasteiger partial charge in [0.1, 0.15) is 13.1 Å². The standard InChI is InChI=1S/C7H13N3OS/c1-3-9-5-8-10(7(9)12)6-11-4-2/h5H,3-4,6H2,1-2H3. The number of hydrogen-bond donors (Lipinski definition) is 0. The van der Waals surface area contributed by atoms with Gasteiger partial charge in [-0.2, -0.15) is 5.10 Å². The zero-order chi connectivity index (χ0) is 8.97. The molecule has 0 fully saturated rings. The van der Waals surface area contributed by atoms with Crippen molar-refractivity contribution in [2.24, 2.45) is 0 Å². The summed E-state index contributed by atoms with van der Waals surface area (Å²) in [6, 6.07) is 0. The topological polar surface area (TPSA) is 32.0 Å². The number of nitrogens with zero attached hydrogens (tertiary/aromatic N) is 3. The van der Waals surface area contributed by atoms with Crippen molar-refractivity contribution < 1.29 is 4.74 Å². The van der Waals surface area contributed by atoms with Gasteiger partial charge < -0.3 is 9.30 Å². The van der Waals surface area contributed by atoms with Gasteiger partial charge in [-0.05, 0) is 26.1 Å². The Balaban J connectivity index is 2.73. The lowest BCUT2D eigenvalue weighted by molar-refractivity contribution is 0.0776. The molecule has 0 N–H and O–H groups in total. The van der Waals surface area contributed by atoms with Gasteiger partial charge in [-0.3, -0.25) is 0 Å². The van der Waals surface area contributed by atoms with Crippen molar-refractivity contribution in [3.05, 3.63) is 11.1 Å². The van der Waals surface area contributed by atoms with Crippen molar-refractivity contribution in [2.75, 3.05) is 6.61 Å². The van der Waals surface area contributed by atoms with Crippen LogP contribution in [0.3, 0.4) is 0 Å². The van der Waals surface area contributed by atoms with E-state index in [9.17, 15) is 0 Å². The predicted octanol–water partition coefficient (Wildman–Crippen LogP) is 1.43. The molecule has 5 heteroatoms. The van der Waals surface area contributed by atoms with Crippen LogP contribution in [-0.2, 0) is 18.0 Å². The average molecular weight is 187 g/mol. The highest BCUT2D eigenvalue weighted by Gasteiger charge is 1.97. The van der Waals surface area contributed by atoms with Gasteiger partial charge in [0, 0.05) is 13.2 Å². The first kappa shape index (κ1) is 9.41. The minimum Gasteiger partial charge on any atom is -0.359 e. The number of aromatic nitrogens is 3. The van der Waals surface area contributed by atoms with Crippen molar-refractivity contribution in [1.82, 2.24) is 14.3 Å². The van der Waals surface area contributed by atoms with Gasteiger partial charge in [0.15, 0.2) is 4.77 Å². The summed E-state index contributed by atoms with van der Waals surface area (Å²) in [7, 11) is 0. The molecule has 68 valence electrons. The molecule has 1 rings (SSSR count). The molecule has 0 aromatic carbocycles. The fourth-order valence-electron chi connectivity index (χ4n) is 0.855. The smallest absolute Gasteiger partial charge is 0.199 e. The third-order valence-electron chi connectivity index (χ3n) is 1.56. The Bertz CT molecular complexity index is 291. The third-order valence-corrected chi connectivity index (χ3v) is 2.00. The molecule has 1 aromatic heterocycles. The first-order chi connectivity index (χ1) is 5.79. The second-order valence-electron chi connectivity index (χ2n) is 2.32. The zero-order valence-electron chi connectivity index (χ0n) is 7.36. The van der Waals surface area contributed by atoms with E-state index in [1.165, 1.54) is 0 Å². The Kier molecular flexibility index (Phi) is 3.43. The van der Waals surface area contributed by atoms with Gasteiger partial charge in [0.2, 0.25) is 0 Å². The number of rotatable bonds is 4. The summed E-state index contributed by atoms with van der Waals surface area (Å²) in [6.45, 7) is 5.96. The van der Waals surface area contributed by atoms with Gasteiger partial charge in [-0.15, -0.1) is 0 Å². The molecule has 0 radical (unpaired) electrons. The van der Waals surface area contributed by atoms with E-state index in [1.807, 2.05) is 18.4 Å². The van der Waals surface area contributed by atoms with E-state index in [2.05, 4.69) is 5.10 Å². The second-order valence-corrected chi connectivity index (χ2v) is 2.69. The van der Waals surface area contributed by atoms with Crippen molar-refractivity contribution in [3.8, 4) is 0 Å². The molecule has 0 amide bonds. The Labute approximate surface area is 76.8 Å². The van der Waals surface area contributed by atoms with Crippen LogP contribution in [0, 0.1) is 4.77 Å². The molecule has 0 saturated heterocycles. The largest absolute Gasteiger partial charge is 0.359 e. The minimum atomic E-state index is 0.447. The van der Waals surface area contributed by atoms with Crippen molar-refractivity contribution in [1.29, 1.82) is 0 Å². The van der Waals surface area contributed by atoms with Crippen LogP contribution in [0.15, 0.2) is 6.33 Å². The van der Waals surface area contributed by atoms with Gasteiger partial charge in [-0.25, -0.2) is 4.68 Å². The van der Waals surface area contributed by atoms with E-state index in [0.717, 1.165) is 6.54 Å². The normalized spacial score (nSPS) is 10.5. The van der Waals surface area contributed by atoms with E-state index in [4.69, 9.17) is 17.0 Å². The molecule has 0 saturated carbocycles. The van der Waals surface area contributed by atoms with E-state index in [-0.39, 0.29) is 0 Å². The maximum atomic E-state index is 5.18. The first-order valence-corrected chi connectivity index (χ1v) is 4.40. The lowest BCUT2D eigenvalue weighted by atomic mass is 10.7. The Morgan fingerprint density at radius 1 is 1.58 bits per heavy atom. The zero-order valence-corrected chi connectivity index (χ0v) is 8.17. The third kappa shape index (κ3) is 1.92. The van der Waals surface area contributed by atoms with Crippen molar-refractivity contribution >= 4 is 12.2 Å². The average Bonchev–Trinajstić information content (AvgIpc) is 2.43. The van der Waals surface area contributed by atoms with Crippen LogP contribution in [0.25, 0.3) is 0 Å². The van der Waals surface area contributed by atoms with Crippen LogP contribution < -0.4 is 0 Å². The van der Waals surface area contributed by atoms with Gasteiger partial charge in [-0.1, -0.05) is 0 Å². The lowest BCUT2D eigenvalue weighted by Crippen LogP contribution is -2.05. The molecular weight excluding hydrogens is 174 g/mol. The van der Waals surface area contributed by atoms with Crippen molar-refractivity contribution in [2.45, 2.75) is 27.1 Å². The van der Waals surface area contributed by atoms with Gasteiger partial charge >= 0.3 is 0 Å². The van der Waals surface area contributed by atoms with Crippen molar-refractivity contribution in [3.63, 3.8) is 0 Å². The number of hydrogen-bond acceptors (Lipinski definition) is 3. The van der Waals surface area contributed by atoms with Crippen LogP contribution >= 0.6 is 12.2 Å². The van der Waals surface area contributed by atoms with Gasteiger partial charge in [0.05, 0.1) is 0 Å². The fraction of sp³-hybridized carbons (Fsp3) is 0.714. The molecule has 0 aliphatic heterocycles. The molecule has 12 heavy (non-hydrogen) atoms. The maximum absolute atomic E-state index is 5.18. The number of ether oxygens (including phenoxy) is 1. The monoisotopic (exact) mass is 187 g/mol. The predicted molar refractivity (Wildman–Crippen MR) is 48.4 cm³/mol. The molecule has 1 aromatic rings. The molecule has 0 bridgehead atoms. The molecule has 0 unspecified atom stereocenters. The van der Waals surface area contributed by atoms with Crippen LogP contribution in [0.4, 0.5) is 0 Å². The second kappa shape index (κ2) is 4.37. The Morgan fingerprint density at radius 3 is 2.83 bits per heavy atom. The van der Waals surface area contributed by atoms with E-state index >= 15 is 0 Å². The highest BCUT2D eigenvalue weighted by molar-refractivity contribution is 7.71. The Morgan fingerprint density at radius 2 is 2.33 bits per heavy atom. The molecular formula is C7H13N3OS. The summed E-state index contributed by atoms with van der Waals surface area (Å²) in [5, 5.41) is 4.07. The fourth-order valence-corrected chi connectivity index (χ4v) is 1.13. The molecule has 1 heterocycles. The SMILES string of the molecule is CCOCn1ncn(CC)c1=S. The molecule has 0 aliphatic rings. The molecule has 0 spiro atoms. The summed E-state index contributed by atoms with van der Waals surface area (Å²) in [5.41, 5.74) is 0. The van der Waals surface area contributed by atoms with Crippen LogP contribution in [-0.4, -0.2) is 21.0 Å². The summed E-state index contributed by atoms with van der Waals surface area (Å²) >= 11 is 5.12. The summed E-state index contributed by atoms with van der Waals surface area (Å²) in [6.07, 6.45) is 1.72. The van der Waals surface area contributed by atoms with Crippen LogP contribution in [0.5, 0.6) is 0 Å². The van der Waals surface area contributed by atoms with E-state index in [1.54, 1.807) is 11.0 Å². The summed E-state index contributed by atoms with van der Waals surface area (Å²) < 4.78 is 9.46. The Hall–Kier alpha value is -0.680. The van der Waals surface area contributed by atoms with Crippen LogP contribution in [0.2, 0.25) is 0 Å². The molecule has 0 atom stereocenters. The minimum absolute atomic E-state index is 0.447. The molecule has 4 nitrogen and oxygen atoms in total. The van der Waals surface area contributed by atoms with Gasteiger partial charge in [0.25, 0.3) is 0 Å². The highest BCUT2D eigenvalue weighted by Crippen LogP contribution is 1.93. The van der Waals surface area contributed by atoms with Crippen LogP contribution in [0.1, 0.15) is 13.8 Å². The summed E-state index contributed by atoms with van der Waals surface area (Å²) in [5.74, 6) is 0. The lowest BCUT2D eigenvalue weighted by Gasteiger charge is -1.99. The summed E-state index contributed by atoms with van der Waals surface area (Å²) in [4.78, 5) is 0. The number of aryl methyl sites for hydroxylation is 1. The quantitative estimate of drug-likeness (QED) is 0.668.